The van der Waals surface area contributed by atoms with Crippen molar-refractivity contribution in [1.82, 2.24) is 15.3 Å². The average Bonchev–Trinajstić information content (AvgIpc) is 3.58. The summed E-state index contributed by atoms with van der Waals surface area (Å²) >= 11 is 0. The molecule has 1 N–H and O–H groups in total. The highest BCUT2D eigenvalue weighted by atomic mass is 16.7. The van der Waals surface area contributed by atoms with Gasteiger partial charge in [-0.15, -0.1) is 0 Å². The molecule has 1 heterocycles. The molecule has 0 radical (unpaired) electrons. The molecule has 258 valence electrons. The molecule has 3 aromatic rings. The lowest BCUT2D eigenvalue weighted by Crippen LogP contribution is -2.54. The van der Waals surface area contributed by atoms with E-state index >= 15 is 0 Å². The molecule has 0 bridgehead atoms. The monoisotopic (exact) mass is 655 g/mol. The number of carbonyl (C=O) groups excluding carboxylic acids is 3. The predicted molar refractivity (Wildman–Crippen MR) is 188 cm³/mol. The molecule has 0 unspecified atom stereocenters. The number of hydroxylamine groups is 2. The molecule has 0 aromatic heterocycles. The van der Waals surface area contributed by atoms with Gasteiger partial charge < -0.3 is 15.0 Å². The maximum absolute atomic E-state index is 14.0. The first-order valence-electron chi connectivity index (χ1n) is 17.6. The Hall–Kier alpha value is -4.01. The highest BCUT2D eigenvalue weighted by Gasteiger charge is 2.37. The van der Waals surface area contributed by atoms with E-state index in [-0.39, 0.29) is 49.3 Å². The molecule has 1 saturated heterocycles. The standard InChI is InChI=1S/C40H53N3O5/c1-4-5-9-23-35(26-37(44)43(27-32-17-10-6-11-18-32)48-29-34-21-14-8-15-22-34)39(45)41-38(31(2)3)40(46)42-25-16-24-36(42)30-47-28-33-19-12-7-13-20-33/h6-8,10-15,17-22,31,35-36,38H,4-5,9,16,23-30H2,1-3H3,(H,41,45)/t35-,36-,38-/m0/s1. The number of hydrogen-bond acceptors (Lipinski definition) is 5. The van der Waals surface area contributed by atoms with E-state index in [1.54, 1.807) is 0 Å². The Morgan fingerprint density at radius 2 is 1.46 bits per heavy atom. The summed E-state index contributed by atoms with van der Waals surface area (Å²) in [5.41, 5.74) is 2.98. The molecule has 0 spiro atoms. The maximum atomic E-state index is 14.0. The molecule has 0 saturated carbocycles. The summed E-state index contributed by atoms with van der Waals surface area (Å²) in [5.74, 6) is -1.30. The molecule has 3 amide bonds. The first kappa shape index (κ1) is 36.8. The topological polar surface area (TPSA) is 88.2 Å². The van der Waals surface area contributed by atoms with E-state index in [9.17, 15) is 14.4 Å². The molecule has 48 heavy (non-hydrogen) atoms. The molecular weight excluding hydrogens is 602 g/mol. The summed E-state index contributed by atoms with van der Waals surface area (Å²) in [6.45, 7) is 8.12. The summed E-state index contributed by atoms with van der Waals surface area (Å²) in [6.07, 6.45) is 5.10. The van der Waals surface area contributed by atoms with Crippen molar-refractivity contribution in [3.8, 4) is 0 Å². The zero-order chi connectivity index (χ0) is 34.1. The minimum absolute atomic E-state index is 0.00413. The first-order chi connectivity index (χ1) is 23.4. The van der Waals surface area contributed by atoms with Crippen LogP contribution in [0.25, 0.3) is 0 Å². The van der Waals surface area contributed by atoms with Crippen LogP contribution in [0.2, 0.25) is 0 Å². The number of nitrogens with zero attached hydrogens (tertiary/aromatic N) is 2. The van der Waals surface area contributed by atoms with Crippen LogP contribution in [0.15, 0.2) is 91.0 Å². The van der Waals surface area contributed by atoms with Crippen LogP contribution in [-0.2, 0) is 43.7 Å². The second-order valence-electron chi connectivity index (χ2n) is 13.1. The Balaban J connectivity index is 1.42. The van der Waals surface area contributed by atoms with Crippen molar-refractivity contribution in [2.45, 2.75) is 97.6 Å². The molecule has 4 rings (SSSR count). The quantitative estimate of drug-likeness (QED) is 0.110. The Morgan fingerprint density at radius 1 is 0.854 bits per heavy atom. The van der Waals surface area contributed by atoms with Crippen LogP contribution >= 0.6 is 0 Å². The number of likely N-dealkylation sites (tertiary alicyclic amines) is 1. The number of carbonyl (C=O) groups is 3. The molecule has 0 aliphatic carbocycles. The number of amides is 3. The van der Waals surface area contributed by atoms with Gasteiger partial charge in [0, 0.05) is 18.9 Å². The van der Waals surface area contributed by atoms with Gasteiger partial charge in [0.25, 0.3) is 0 Å². The zero-order valence-corrected chi connectivity index (χ0v) is 28.9. The number of benzene rings is 3. The number of hydrogen-bond donors (Lipinski definition) is 1. The van der Waals surface area contributed by atoms with Crippen molar-refractivity contribution in [2.75, 3.05) is 13.2 Å². The lowest BCUT2D eigenvalue weighted by atomic mass is 9.94. The zero-order valence-electron chi connectivity index (χ0n) is 28.9. The van der Waals surface area contributed by atoms with Gasteiger partial charge in [0.2, 0.25) is 17.7 Å². The van der Waals surface area contributed by atoms with Gasteiger partial charge in [0.05, 0.1) is 25.8 Å². The highest BCUT2D eigenvalue weighted by Crippen LogP contribution is 2.23. The predicted octanol–water partition coefficient (Wildman–Crippen LogP) is 7.08. The van der Waals surface area contributed by atoms with Crippen LogP contribution in [0, 0.1) is 11.8 Å². The van der Waals surface area contributed by atoms with E-state index in [0.29, 0.717) is 26.2 Å². The van der Waals surface area contributed by atoms with E-state index < -0.39 is 12.0 Å². The second-order valence-corrected chi connectivity index (χ2v) is 13.1. The van der Waals surface area contributed by atoms with Gasteiger partial charge in [0.1, 0.15) is 12.6 Å². The van der Waals surface area contributed by atoms with Crippen molar-refractivity contribution in [1.29, 1.82) is 0 Å². The Labute approximate surface area is 286 Å². The van der Waals surface area contributed by atoms with Gasteiger partial charge in [-0.2, -0.15) is 0 Å². The fraction of sp³-hybridized carbons (Fsp3) is 0.475. The lowest BCUT2D eigenvalue weighted by molar-refractivity contribution is -0.196. The summed E-state index contributed by atoms with van der Waals surface area (Å²) < 4.78 is 6.02. The van der Waals surface area contributed by atoms with Crippen molar-refractivity contribution in [3.63, 3.8) is 0 Å². The van der Waals surface area contributed by atoms with Crippen LogP contribution in [0.4, 0.5) is 0 Å². The van der Waals surface area contributed by atoms with E-state index in [4.69, 9.17) is 9.57 Å². The van der Waals surface area contributed by atoms with E-state index in [1.807, 2.05) is 110 Å². The number of nitrogens with one attached hydrogen (secondary N) is 1. The van der Waals surface area contributed by atoms with Crippen molar-refractivity contribution < 1.29 is 24.0 Å². The van der Waals surface area contributed by atoms with Crippen molar-refractivity contribution in [2.24, 2.45) is 11.8 Å². The van der Waals surface area contributed by atoms with Crippen LogP contribution < -0.4 is 5.32 Å². The number of rotatable bonds is 19. The second kappa shape index (κ2) is 19.7. The van der Waals surface area contributed by atoms with Crippen molar-refractivity contribution in [3.05, 3.63) is 108 Å². The molecule has 1 aliphatic rings. The Kier molecular flexibility index (Phi) is 15.1. The molecule has 8 nitrogen and oxygen atoms in total. The highest BCUT2D eigenvalue weighted by molar-refractivity contribution is 5.91. The van der Waals surface area contributed by atoms with Gasteiger partial charge in [-0.05, 0) is 41.9 Å². The van der Waals surface area contributed by atoms with Gasteiger partial charge in [-0.3, -0.25) is 19.2 Å². The third-order valence-corrected chi connectivity index (χ3v) is 8.94. The third kappa shape index (κ3) is 11.6. The summed E-state index contributed by atoms with van der Waals surface area (Å²) in [4.78, 5) is 49.7. The molecule has 3 aromatic carbocycles. The fourth-order valence-corrected chi connectivity index (χ4v) is 6.11. The Bertz CT molecular complexity index is 1390. The largest absolute Gasteiger partial charge is 0.375 e. The number of unbranched alkanes of at least 4 members (excludes halogenated alkanes) is 2. The van der Waals surface area contributed by atoms with Crippen LogP contribution in [0.3, 0.4) is 0 Å². The van der Waals surface area contributed by atoms with Gasteiger partial charge in [-0.1, -0.05) is 131 Å². The van der Waals surface area contributed by atoms with Gasteiger partial charge >= 0.3 is 0 Å². The molecule has 1 aliphatic heterocycles. The van der Waals surface area contributed by atoms with Crippen molar-refractivity contribution >= 4 is 17.7 Å². The van der Waals surface area contributed by atoms with Gasteiger partial charge in [-0.25, -0.2) is 5.06 Å². The maximum Gasteiger partial charge on any atom is 0.247 e. The summed E-state index contributed by atoms with van der Waals surface area (Å²) in [6, 6.07) is 28.7. The third-order valence-electron chi connectivity index (χ3n) is 8.94. The minimum atomic E-state index is -0.689. The SMILES string of the molecule is CCCCC[C@@H](CC(=O)N(Cc1ccccc1)OCc1ccccc1)C(=O)N[C@H](C(=O)N1CCC[C@H]1COCc1ccccc1)C(C)C. The number of ether oxygens (including phenoxy) is 1. The van der Waals surface area contributed by atoms with E-state index in [0.717, 1.165) is 48.8 Å². The molecule has 3 atom stereocenters. The Morgan fingerprint density at radius 3 is 2.06 bits per heavy atom. The molecule has 1 fully saturated rings. The molecule has 8 heteroatoms. The van der Waals surface area contributed by atoms with E-state index in [1.165, 1.54) is 5.06 Å². The fourth-order valence-electron chi connectivity index (χ4n) is 6.11. The molecular formula is C40H53N3O5. The summed E-state index contributed by atoms with van der Waals surface area (Å²) in [7, 11) is 0. The lowest BCUT2D eigenvalue weighted by Gasteiger charge is -2.32. The van der Waals surface area contributed by atoms with Crippen LogP contribution in [0.5, 0.6) is 0 Å². The van der Waals surface area contributed by atoms with Gasteiger partial charge in [0.15, 0.2) is 0 Å². The van der Waals surface area contributed by atoms with Crippen LogP contribution in [0.1, 0.15) is 82.4 Å². The van der Waals surface area contributed by atoms with Crippen LogP contribution in [-0.4, -0.2) is 52.9 Å². The normalized spacial score (nSPS) is 15.7. The average molecular weight is 656 g/mol. The smallest absolute Gasteiger partial charge is 0.247 e. The van der Waals surface area contributed by atoms with E-state index in [2.05, 4.69) is 12.2 Å². The first-order valence-corrected chi connectivity index (χ1v) is 17.6. The summed E-state index contributed by atoms with van der Waals surface area (Å²) in [5, 5.41) is 4.48. The minimum Gasteiger partial charge on any atom is -0.375 e.